The number of morpholine rings is 1. The molecule has 4 rings (SSSR count). The highest BCUT2D eigenvalue weighted by Crippen LogP contribution is 2.29. The molecule has 3 aromatic rings. The van der Waals surface area contributed by atoms with Crippen LogP contribution < -0.4 is 5.32 Å². The Morgan fingerprint density at radius 1 is 1.21 bits per heavy atom. The van der Waals surface area contributed by atoms with Gasteiger partial charge in [0.05, 0.1) is 31.5 Å². The number of alkyl halides is 3. The molecule has 0 unspecified atom stereocenters. The van der Waals surface area contributed by atoms with Gasteiger partial charge in [-0.3, -0.25) is 4.79 Å². The Balaban J connectivity index is 1.51. The summed E-state index contributed by atoms with van der Waals surface area (Å²) in [7, 11) is 0. The van der Waals surface area contributed by atoms with Crippen molar-refractivity contribution in [2.24, 2.45) is 0 Å². The van der Waals surface area contributed by atoms with E-state index in [0.29, 0.717) is 30.2 Å². The van der Waals surface area contributed by atoms with Crippen LogP contribution in [-0.2, 0) is 22.3 Å². The lowest BCUT2D eigenvalue weighted by atomic mass is 10.1. The molecule has 1 aliphatic heterocycles. The van der Waals surface area contributed by atoms with Crippen LogP contribution in [0.2, 0.25) is 0 Å². The molecule has 1 aromatic carbocycles. The van der Waals surface area contributed by atoms with E-state index in [4.69, 9.17) is 4.74 Å². The highest BCUT2D eigenvalue weighted by Gasteiger charge is 2.33. The highest BCUT2D eigenvalue weighted by molar-refractivity contribution is 5.77. The number of anilines is 2. The molecular formula is C22H24F3N7O2. The summed E-state index contributed by atoms with van der Waals surface area (Å²) < 4.78 is 45.8. The topological polar surface area (TPSA) is 98.1 Å². The maximum absolute atomic E-state index is 12.9. The third-order valence-electron chi connectivity index (χ3n) is 5.37. The Morgan fingerprint density at radius 2 is 1.94 bits per heavy atom. The van der Waals surface area contributed by atoms with E-state index in [1.54, 1.807) is 23.2 Å². The Labute approximate surface area is 194 Å². The van der Waals surface area contributed by atoms with Gasteiger partial charge in [-0.05, 0) is 50.6 Å². The van der Waals surface area contributed by atoms with Crippen LogP contribution in [0.4, 0.5) is 24.8 Å². The number of nitrogens with zero attached hydrogens (tertiary/aromatic N) is 6. The van der Waals surface area contributed by atoms with E-state index in [-0.39, 0.29) is 30.5 Å². The molecule has 0 aliphatic carbocycles. The van der Waals surface area contributed by atoms with Crippen LogP contribution in [0.1, 0.15) is 25.1 Å². The van der Waals surface area contributed by atoms with Crippen molar-refractivity contribution in [3.8, 4) is 11.3 Å². The number of carbonyl (C=O) groups is 1. The first-order chi connectivity index (χ1) is 16.1. The van der Waals surface area contributed by atoms with Crippen LogP contribution in [-0.4, -0.2) is 61.1 Å². The molecule has 2 atom stereocenters. The molecule has 1 N–H and O–H groups in total. The van der Waals surface area contributed by atoms with Crippen molar-refractivity contribution in [2.45, 2.75) is 45.6 Å². The molecule has 0 bridgehead atoms. The Morgan fingerprint density at radius 3 is 2.65 bits per heavy atom. The molecule has 180 valence electrons. The minimum absolute atomic E-state index is 0.0253. The fraction of sp³-hybridized carbons (Fsp3) is 0.409. The second-order valence-electron chi connectivity index (χ2n) is 8.31. The standard InChI is InChI=1S/C22H24F3N7O2/c1-13-6-16(8-17(7-13)27-21-26-5-4-19(28-21)22(23,24)25)18-9-31(30-29-18)10-20(33)32-14(2)11-34-12-15(32)3/h4-9,14-15H,10-12H2,1-3H3,(H,26,27,28)/t14-,15-/m1/s1. The molecule has 9 nitrogen and oxygen atoms in total. The smallest absolute Gasteiger partial charge is 0.377 e. The minimum Gasteiger partial charge on any atom is -0.377 e. The summed E-state index contributed by atoms with van der Waals surface area (Å²) >= 11 is 0. The lowest BCUT2D eigenvalue weighted by Gasteiger charge is -2.38. The molecular weight excluding hydrogens is 451 g/mol. The molecule has 0 saturated carbocycles. The van der Waals surface area contributed by atoms with Crippen LogP contribution in [0, 0.1) is 6.92 Å². The average Bonchev–Trinajstić information content (AvgIpc) is 3.21. The fourth-order valence-corrected chi connectivity index (χ4v) is 3.93. The monoisotopic (exact) mass is 475 g/mol. The molecule has 34 heavy (non-hydrogen) atoms. The first kappa shape index (κ1) is 23.6. The Hall–Kier alpha value is -3.54. The zero-order chi connectivity index (χ0) is 24.5. The first-order valence-corrected chi connectivity index (χ1v) is 10.7. The fourth-order valence-electron chi connectivity index (χ4n) is 3.93. The number of hydrogen-bond acceptors (Lipinski definition) is 7. The third-order valence-corrected chi connectivity index (χ3v) is 5.37. The molecule has 0 spiro atoms. The lowest BCUT2D eigenvalue weighted by Crippen LogP contribution is -2.53. The van der Waals surface area contributed by atoms with Crippen molar-refractivity contribution in [3.63, 3.8) is 0 Å². The van der Waals surface area contributed by atoms with Crippen molar-refractivity contribution in [1.29, 1.82) is 0 Å². The molecule has 1 amide bonds. The van der Waals surface area contributed by atoms with Crippen molar-refractivity contribution >= 4 is 17.5 Å². The van der Waals surface area contributed by atoms with Crippen LogP contribution in [0.25, 0.3) is 11.3 Å². The zero-order valence-corrected chi connectivity index (χ0v) is 18.9. The number of ether oxygens (including phenoxy) is 1. The summed E-state index contributed by atoms with van der Waals surface area (Å²) in [5, 5.41) is 11.1. The number of benzene rings is 1. The number of halogens is 3. The number of aromatic nitrogens is 5. The highest BCUT2D eigenvalue weighted by atomic mass is 19.4. The van der Waals surface area contributed by atoms with Gasteiger partial charge >= 0.3 is 6.18 Å². The van der Waals surface area contributed by atoms with Crippen molar-refractivity contribution in [2.75, 3.05) is 18.5 Å². The largest absolute Gasteiger partial charge is 0.433 e. The van der Waals surface area contributed by atoms with E-state index in [2.05, 4.69) is 25.6 Å². The summed E-state index contributed by atoms with van der Waals surface area (Å²) in [6.07, 6.45) is -1.86. The van der Waals surface area contributed by atoms with E-state index in [0.717, 1.165) is 17.8 Å². The number of aryl methyl sites for hydroxylation is 1. The maximum atomic E-state index is 12.9. The van der Waals surface area contributed by atoms with E-state index >= 15 is 0 Å². The van der Waals surface area contributed by atoms with Gasteiger partial charge < -0.3 is 15.0 Å². The molecule has 1 fully saturated rings. The van der Waals surface area contributed by atoms with Crippen LogP contribution in [0.3, 0.4) is 0 Å². The van der Waals surface area contributed by atoms with Crippen molar-refractivity contribution in [1.82, 2.24) is 29.9 Å². The first-order valence-electron chi connectivity index (χ1n) is 10.7. The summed E-state index contributed by atoms with van der Waals surface area (Å²) in [6, 6.07) is 6.08. The van der Waals surface area contributed by atoms with E-state index in [9.17, 15) is 18.0 Å². The van der Waals surface area contributed by atoms with E-state index < -0.39 is 11.9 Å². The van der Waals surface area contributed by atoms with Gasteiger partial charge in [0.2, 0.25) is 11.9 Å². The van der Waals surface area contributed by atoms with Gasteiger partial charge in [0.15, 0.2) is 0 Å². The second-order valence-corrected chi connectivity index (χ2v) is 8.31. The summed E-state index contributed by atoms with van der Waals surface area (Å²) in [5.41, 5.74) is 1.51. The summed E-state index contributed by atoms with van der Waals surface area (Å²) in [5.74, 6) is -0.248. The summed E-state index contributed by atoms with van der Waals surface area (Å²) in [6.45, 7) is 6.75. The van der Waals surface area contributed by atoms with Gasteiger partial charge in [0, 0.05) is 17.4 Å². The molecule has 3 heterocycles. The van der Waals surface area contributed by atoms with Crippen molar-refractivity contribution < 1.29 is 22.7 Å². The van der Waals surface area contributed by atoms with Gasteiger partial charge in [-0.25, -0.2) is 14.6 Å². The third kappa shape index (κ3) is 5.33. The van der Waals surface area contributed by atoms with Crippen LogP contribution in [0.5, 0.6) is 0 Å². The van der Waals surface area contributed by atoms with Gasteiger partial charge in [-0.15, -0.1) is 5.10 Å². The van der Waals surface area contributed by atoms with Gasteiger partial charge in [-0.1, -0.05) is 5.21 Å². The Bertz CT molecular complexity index is 1170. The van der Waals surface area contributed by atoms with Gasteiger partial charge in [-0.2, -0.15) is 13.2 Å². The molecule has 12 heteroatoms. The predicted molar refractivity (Wildman–Crippen MR) is 117 cm³/mol. The number of amides is 1. The quantitative estimate of drug-likeness (QED) is 0.604. The zero-order valence-electron chi connectivity index (χ0n) is 18.9. The number of carbonyl (C=O) groups excluding carboxylic acids is 1. The summed E-state index contributed by atoms with van der Waals surface area (Å²) in [4.78, 5) is 22.0. The SMILES string of the molecule is Cc1cc(Nc2nccc(C(F)(F)F)n2)cc(-c2cn(CC(=O)N3[C@H](C)COC[C@H]3C)nn2)c1. The second kappa shape index (κ2) is 9.37. The maximum Gasteiger partial charge on any atom is 0.433 e. The number of hydrogen-bond donors (Lipinski definition) is 1. The normalized spacial score (nSPS) is 18.7. The molecule has 1 saturated heterocycles. The predicted octanol–water partition coefficient (Wildman–Crippen LogP) is 3.44. The Kier molecular flexibility index (Phi) is 6.51. The van der Waals surface area contributed by atoms with Gasteiger partial charge in [0.25, 0.3) is 0 Å². The van der Waals surface area contributed by atoms with Crippen LogP contribution >= 0.6 is 0 Å². The van der Waals surface area contributed by atoms with E-state index in [1.165, 1.54) is 4.68 Å². The minimum atomic E-state index is -4.57. The van der Waals surface area contributed by atoms with Gasteiger partial charge in [0.1, 0.15) is 17.9 Å². The number of nitrogens with one attached hydrogen (secondary N) is 1. The molecule has 0 radical (unpaired) electrons. The van der Waals surface area contributed by atoms with Crippen LogP contribution in [0.15, 0.2) is 36.7 Å². The lowest BCUT2D eigenvalue weighted by molar-refractivity contribution is -0.145. The molecule has 1 aliphatic rings. The molecule has 2 aromatic heterocycles. The van der Waals surface area contributed by atoms with Crippen molar-refractivity contribution in [3.05, 3.63) is 47.9 Å². The van der Waals surface area contributed by atoms with E-state index in [1.807, 2.05) is 26.8 Å². The average molecular weight is 475 g/mol. The number of rotatable bonds is 5.